The summed E-state index contributed by atoms with van der Waals surface area (Å²) in [6.07, 6.45) is 3.24. The van der Waals surface area contributed by atoms with Crippen LogP contribution in [0.25, 0.3) is 4.96 Å². The molecule has 0 aliphatic heterocycles. The normalized spacial score (nSPS) is 12.8. The zero-order chi connectivity index (χ0) is 6.27. The number of rotatable bonds is 0. The summed E-state index contributed by atoms with van der Waals surface area (Å²) in [5.74, 6) is 0. The van der Waals surface area contributed by atoms with Gasteiger partial charge in [0, 0.05) is 10.8 Å². The largest absolute Gasteiger partial charge is 0.587 e. The molecular weight excluding hydrogens is 138 g/mol. The van der Waals surface area contributed by atoms with Crippen molar-refractivity contribution in [3.05, 3.63) is 17.9 Å². The highest BCUT2D eigenvalue weighted by molar-refractivity contribution is 7.28. The van der Waals surface area contributed by atoms with E-state index in [0.717, 1.165) is 0 Å². The van der Waals surface area contributed by atoms with Crippen molar-refractivity contribution in [1.82, 2.24) is 14.6 Å². The lowest BCUT2D eigenvalue weighted by Gasteiger charge is -1.76. The van der Waals surface area contributed by atoms with Gasteiger partial charge in [0.05, 0.1) is 12.4 Å². The fraction of sp³-hybridized carbons (Fsp3) is 0. The Labute approximate surface area is 53.6 Å². The summed E-state index contributed by atoms with van der Waals surface area (Å²) in [5.41, 5.74) is 1.36. The third-order valence-electron chi connectivity index (χ3n) is 1.04. The van der Waals surface area contributed by atoms with Crippen molar-refractivity contribution < 1.29 is 4.55 Å². The molecule has 9 heavy (non-hydrogen) atoms. The Morgan fingerprint density at radius 3 is 3.33 bits per heavy atom. The van der Waals surface area contributed by atoms with Crippen molar-refractivity contribution in [2.75, 3.05) is 0 Å². The molecule has 0 bridgehead atoms. The molecule has 2 aromatic heterocycles. The molecule has 0 amide bonds. The van der Waals surface area contributed by atoms with Gasteiger partial charge >= 0.3 is 4.96 Å². The molecule has 1 unspecified atom stereocenters. The Morgan fingerprint density at radius 1 is 1.67 bits per heavy atom. The molecule has 1 atom stereocenters. The Balaban J connectivity index is 2.99. The van der Waals surface area contributed by atoms with Gasteiger partial charge in [-0.3, -0.25) is 0 Å². The topological polar surface area (TPSA) is 53.2 Å². The summed E-state index contributed by atoms with van der Waals surface area (Å²) >= 11 is 0. The molecule has 46 valence electrons. The van der Waals surface area contributed by atoms with E-state index in [1.54, 1.807) is 12.4 Å². The van der Waals surface area contributed by atoms with Crippen molar-refractivity contribution >= 4 is 15.7 Å². The first-order valence-corrected chi connectivity index (χ1v) is 3.57. The summed E-state index contributed by atoms with van der Waals surface area (Å²) in [6, 6.07) is 0. The van der Waals surface area contributed by atoms with Gasteiger partial charge < -0.3 is 4.55 Å². The van der Waals surface area contributed by atoms with Crippen LogP contribution < -0.4 is 0 Å². The number of imidazole rings is 1. The molecule has 2 rings (SSSR count). The second-order valence-corrected chi connectivity index (χ2v) is 2.74. The molecular formula is C4H3N3OS. The lowest BCUT2D eigenvalue weighted by atomic mass is 11.0. The number of fused-ring (bicyclic) bond motifs is 1. The van der Waals surface area contributed by atoms with E-state index in [0.29, 0.717) is 4.96 Å². The van der Waals surface area contributed by atoms with Gasteiger partial charge in [-0.25, -0.2) is 0 Å². The highest BCUT2D eigenvalue weighted by atomic mass is 32.2. The van der Waals surface area contributed by atoms with Crippen molar-refractivity contribution in [2.24, 2.45) is 0 Å². The number of aromatic nitrogens is 3. The minimum atomic E-state index is -1.11. The molecule has 4 nitrogen and oxygen atoms in total. The predicted molar refractivity (Wildman–Crippen MR) is 31.6 cm³/mol. The van der Waals surface area contributed by atoms with Crippen LogP contribution in [0, 0.1) is 0 Å². The zero-order valence-electron chi connectivity index (χ0n) is 4.39. The van der Waals surface area contributed by atoms with Crippen molar-refractivity contribution in [3.8, 4) is 0 Å². The van der Waals surface area contributed by atoms with Crippen LogP contribution in [0.3, 0.4) is 0 Å². The van der Waals surface area contributed by atoms with Gasteiger partial charge in [-0.1, -0.05) is 0 Å². The van der Waals surface area contributed by atoms with Crippen LogP contribution in [0.15, 0.2) is 17.9 Å². The van der Waals surface area contributed by atoms with Gasteiger partial charge in [-0.15, -0.1) is 5.10 Å². The Morgan fingerprint density at radius 2 is 2.56 bits per heavy atom. The smallest absolute Gasteiger partial charge is 0.367 e. The highest BCUT2D eigenvalue weighted by Gasteiger charge is 2.04. The van der Waals surface area contributed by atoms with Gasteiger partial charge in [0.15, 0.2) is 0 Å². The van der Waals surface area contributed by atoms with Gasteiger partial charge in [0.2, 0.25) is 5.51 Å². The Kier molecular flexibility index (Phi) is 0.827. The first kappa shape index (κ1) is 4.89. The monoisotopic (exact) mass is 141 g/mol. The Hall–Kier alpha value is -0.940. The molecule has 0 saturated carbocycles. The number of hydrogen-bond donors (Lipinski definition) is 0. The zero-order valence-corrected chi connectivity index (χ0v) is 5.21. The summed E-state index contributed by atoms with van der Waals surface area (Å²) < 4.78 is 12.3. The lowest BCUT2D eigenvalue weighted by molar-refractivity contribution is 0.599. The van der Waals surface area contributed by atoms with E-state index in [1.807, 2.05) is 0 Å². The SMILES string of the molecule is [O-][s+]1cnn2ccnc21. The molecule has 0 aliphatic rings. The summed E-state index contributed by atoms with van der Waals surface area (Å²) in [4.78, 5) is 4.32. The van der Waals surface area contributed by atoms with E-state index in [4.69, 9.17) is 0 Å². The molecule has 0 radical (unpaired) electrons. The van der Waals surface area contributed by atoms with E-state index in [2.05, 4.69) is 10.1 Å². The predicted octanol–water partition coefficient (Wildman–Crippen LogP) is 0.457. The average Bonchev–Trinajstić information content (AvgIpc) is 2.35. The van der Waals surface area contributed by atoms with Crippen LogP contribution in [0.5, 0.6) is 0 Å². The van der Waals surface area contributed by atoms with Gasteiger partial charge in [0.1, 0.15) is 0 Å². The third kappa shape index (κ3) is 0.554. The average molecular weight is 141 g/mol. The maximum Gasteiger partial charge on any atom is 0.367 e. The summed E-state index contributed by atoms with van der Waals surface area (Å²) in [6.45, 7) is 0. The molecule has 5 heteroatoms. The van der Waals surface area contributed by atoms with Gasteiger partial charge in [0.25, 0.3) is 0 Å². The number of hydrogen-bond acceptors (Lipinski definition) is 3. The summed E-state index contributed by atoms with van der Waals surface area (Å²) in [5, 5.41) is 3.77. The molecule has 0 aromatic carbocycles. The van der Waals surface area contributed by atoms with E-state index < -0.39 is 10.8 Å². The third-order valence-corrected chi connectivity index (χ3v) is 1.97. The molecule has 0 N–H and O–H groups in total. The second kappa shape index (κ2) is 1.52. The van der Waals surface area contributed by atoms with E-state index >= 15 is 0 Å². The first-order valence-electron chi connectivity index (χ1n) is 2.36. The van der Waals surface area contributed by atoms with E-state index in [-0.39, 0.29) is 0 Å². The maximum atomic E-state index is 10.8. The van der Waals surface area contributed by atoms with E-state index in [9.17, 15) is 4.55 Å². The highest BCUT2D eigenvalue weighted by Crippen LogP contribution is 2.15. The summed E-state index contributed by atoms with van der Waals surface area (Å²) in [7, 11) is -1.11. The van der Waals surface area contributed by atoms with Crippen LogP contribution in [0.2, 0.25) is 0 Å². The standard InChI is InChI=1S/C4H3N3OS/c8-9-3-6-7-2-1-5-4(7)9/h1-3H. The van der Waals surface area contributed by atoms with Crippen LogP contribution in [0.1, 0.15) is 0 Å². The van der Waals surface area contributed by atoms with Crippen LogP contribution in [-0.4, -0.2) is 19.2 Å². The first-order chi connectivity index (χ1) is 4.38. The Bertz CT molecular complexity index is 325. The number of nitrogens with zero attached hydrogens (tertiary/aromatic N) is 3. The van der Waals surface area contributed by atoms with E-state index in [1.165, 1.54) is 10.0 Å². The fourth-order valence-corrected chi connectivity index (χ4v) is 1.39. The molecule has 0 saturated heterocycles. The molecule has 2 heterocycles. The quantitative estimate of drug-likeness (QED) is 0.501. The van der Waals surface area contributed by atoms with Crippen LogP contribution in [0.4, 0.5) is 0 Å². The molecule has 0 fully saturated rings. The molecule has 2 aromatic rings. The molecule has 0 spiro atoms. The van der Waals surface area contributed by atoms with Crippen LogP contribution >= 0.6 is 10.8 Å². The lowest BCUT2D eigenvalue weighted by Crippen LogP contribution is -1.75. The van der Waals surface area contributed by atoms with Gasteiger partial charge in [-0.2, -0.15) is 9.50 Å². The fourth-order valence-electron chi connectivity index (χ4n) is 0.656. The second-order valence-electron chi connectivity index (χ2n) is 1.57. The minimum Gasteiger partial charge on any atom is -0.587 e. The molecule has 0 aliphatic carbocycles. The minimum absolute atomic E-state index is 0.509. The van der Waals surface area contributed by atoms with Crippen LogP contribution in [-0.2, 0) is 0 Å². The van der Waals surface area contributed by atoms with Crippen molar-refractivity contribution in [2.45, 2.75) is 0 Å². The van der Waals surface area contributed by atoms with Gasteiger partial charge in [-0.05, 0) is 0 Å². The maximum absolute atomic E-state index is 10.8. The van der Waals surface area contributed by atoms with Crippen molar-refractivity contribution in [3.63, 3.8) is 0 Å². The van der Waals surface area contributed by atoms with Crippen molar-refractivity contribution in [1.29, 1.82) is 0 Å².